The number of aliphatic imine (C=N–C) groups is 1. The molecule has 2 aliphatic heterocycles. The molecule has 2 N–H and O–H groups in total. The van der Waals surface area contributed by atoms with E-state index in [1.54, 1.807) is 11.1 Å². The Labute approximate surface area is 184 Å². The third kappa shape index (κ3) is 6.12. The third-order valence-electron chi connectivity index (χ3n) is 5.45. The molecule has 0 bridgehead atoms. The van der Waals surface area contributed by atoms with Gasteiger partial charge in [0, 0.05) is 25.3 Å². The van der Waals surface area contributed by atoms with Gasteiger partial charge in [-0.1, -0.05) is 6.07 Å². The first-order valence-electron chi connectivity index (χ1n) is 10.5. The Kier molecular flexibility index (Phi) is 7.56. The summed E-state index contributed by atoms with van der Waals surface area (Å²) in [7, 11) is 0. The second kappa shape index (κ2) is 10.3. The van der Waals surface area contributed by atoms with Gasteiger partial charge < -0.3 is 15.1 Å². The lowest BCUT2D eigenvalue weighted by molar-refractivity contribution is -0.140. The van der Waals surface area contributed by atoms with Gasteiger partial charge in [-0.2, -0.15) is 18.4 Å². The van der Waals surface area contributed by atoms with Crippen molar-refractivity contribution >= 4 is 23.5 Å². The highest BCUT2D eigenvalue weighted by Gasteiger charge is 2.31. The molecule has 1 aromatic carbocycles. The fourth-order valence-corrected chi connectivity index (χ4v) is 3.81. The number of anilines is 1. The number of guanidine groups is 1. The highest BCUT2D eigenvalue weighted by Crippen LogP contribution is 2.30. The van der Waals surface area contributed by atoms with Crippen LogP contribution < -0.4 is 10.6 Å². The minimum atomic E-state index is -4.52. The molecule has 172 valence electrons. The van der Waals surface area contributed by atoms with Crippen molar-refractivity contribution in [2.75, 3.05) is 31.5 Å². The fraction of sp³-hybridized carbons (Fsp3) is 0.524. The van der Waals surface area contributed by atoms with Crippen molar-refractivity contribution in [2.45, 2.75) is 44.3 Å². The fourth-order valence-electron chi connectivity index (χ4n) is 3.81. The normalized spacial score (nSPS) is 20.0. The van der Waals surface area contributed by atoms with E-state index in [9.17, 15) is 22.8 Å². The number of rotatable bonds is 4. The lowest BCUT2D eigenvalue weighted by atomic mass is 10.1. The summed E-state index contributed by atoms with van der Waals surface area (Å²) in [6.07, 6.45) is 0.895. The first-order valence-corrected chi connectivity index (χ1v) is 10.5. The molecule has 3 rings (SSSR count). The molecular formula is C21H25F3N6O2. The molecular weight excluding hydrogens is 425 g/mol. The van der Waals surface area contributed by atoms with Crippen molar-refractivity contribution < 1.29 is 22.8 Å². The maximum absolute atomic E-state index is 13.0. The molecule has 0 aromatic heterocycles. The number of carbonyl (C=O) groups excluding carboxylic acids is 2. The van der Waals surface area contributed by atoms with Crippen molar-refractivity contribution in [1.29, 1.82) is 5.26 Å². The van der Waals surface area contributed by atoms with Gasteiger partial charge in [0.15, 0.2) is 6.19 Å². The predicted octanol–water partition coefficient (Wildman–Crippen LogP) is 2.55. The molecule has 1 atom stereocenters. The second-order valence-electron chi connectivity index (χ2n) is 7.78. The number of halogens is 3. The number of alkyl halides is 3. The number of amides is 2. The average molecular weight is 450 g/mol. The molecule has 32 heavy (non-hydrogen) atoms. The molecule has 0 saturated carbocycles. The number of nitrogens with one attached hydrogen (secondary N) is 2. The van der Waals surface area contributed by atoms with Gasteiger partial charge in [-0.05, 0) is 50.3 Å². The van der Waals surface area contributed by atoms with Crippen LogP contribution in [0.15, 0.2) is 29.3 Å². The Morgan fingerprint density at radius 1 is 1.19 bits per heavy atom. The van der Waals surface area contributed by atoms with E-state index >= 15 is 0 Å². The number of nitriles is 1. The quantitative estimate of drug-likeness (QED) is 0.318. The summed E-state index contributed by atoms with van der Waals surface area (Å²) in [6.45, 7) is 1.80. The van der Waals surface area contributed by atoms with Crippen molar-refractivity contribution in [2.24, 2.45) is 4.99 Å². The largest absolute Gasteiger partial charge is 0.416 e. The summed E-state index contributed by atoms with van der Waals surface area (Å²) in [6, 6.07) is 3.61. The summed E-state index contributed by atoms with van der Waals surface area (Å²) in [4.78, 5) is 33.0. The van der Waals surface area contributed by atoms with Gasteiger partial charge in [-0.15, -0.1) is 0 Å². The van der Waals surface area contributed by atoms with E-state index in [0.717, 1.165) is 25.0 Å². The van der Waals surface area contributed by atoms with Crippen LogP contribution >= 0.6 is 0 Å². The van der Waals surface area contributed by atoms with Crippen LogP contribution in [0.2, 0.25) is 0 Å². The van der Waals surface area contributed by atoms with Crippen LogP contribution in [0.1, 0.15) is 37.7 Å². The smallest absolute Gasteiger partial charge is 0.341 e. The Morgan fingerprint density at radius 2 is 1.91 bits per heavy atom. The maximum atomic E-state index is 13.0. The van der Waals surface area contributed by atoms with E-state index in [1.807, 2.05) is 0 Å². The molecule has 2 saturated heterocycles. The molecule has 1 aromatic rings. The monoisotopic (exact) mass is 450 g/mol. The zero-order chi connectivity index (χ0) is 23.1. The third-order valence-corrected chi connectivity index (χ3v) is 5.45. The summed E-state index contributed by atoms with van der Waals surface area (Å²) in [5, 5.41) is 14.0. The second-order valence-corrected chi connectivity index (χ2v) is 7.78. The zero-order valence-electron chi connectivity index (χ0n) is 17.5. The number of carbonyl (C=O) groups is 2. The van der Waals surface area contributed by atoms with Gasteiger partial charge in [0.2, 0.25) is 17.8 Å². The van der Waals surface area contributed by atoms with Gasteiger partial charge in [0.25, 0.3) is 0 Å². The highest BCUT2D eigenvalue weighted by atomic mass is 19.4. The van der Waals surface area contributed by atoms with Gasteiger partial charge in [0.05, 0.1) is 12.1 Å². The van der Waals surface area contributed by atoms with E-state index in [2.05, 4.69) is 15.6 Å². The summed E-state index contributed by atoms with van der Waals surface area (Å²) < 4.78 is 38.9. The van der Waals surface area contributed by atoms with E-state index in [-0.39, 0.29) is 30.0 Å². The van der Waals surface area contributed by atoms with Crippen LogP contribution in [0.5, 0.6) is 0 Å². The molecule has 2 fully saturated rings. The van der Waals surface area contributed by atoms with Crippen LogP contribution in [0.4, 0.5) is 18.9 Å². The van der Waals surface area contributed by atoms with Crippen LogP contribution in [0, 0.1) is 11.5 Å². The number of hydrogen-bond acceptors (Lipinski definition) is 4. The maximum Gasteiger partial charge on any atom is 0.416 e. The minimum Gasteiger partial charge on any atom is -0.341 e. The van der Waals surface area contributed by atoms with Crippen molar-refractivity contribution in [3.8, 4) is 6.19 Å². The summed E-state index contributed by atoms with van der Waals surface area (Å²) in [5.74, 6) is -0.561. The van der Waals surface area contributed by atoms with Gasteiger partial charge in [0.1, 0.15) is 6.04 Å². The van der Waals surface area contributed by atoms with E-state index in [4.69, 9.17) is 5.26 Å². The standard InChI is InChI=1S/C21H25F3N6O2/c22-21(23,24)15-6-5-7-16(12-15)27-20(26-14-25)28-17-8-1-2-11-30(19(17)32)13-18(31)29-9-3-4-10-29/h5-7,12,17H,1-4,8-11,13H2,(H2,26,27,28). The SMILES string of the molecule is N#CNC(=NC1CCCCN(CC(=O)N2CCCC2)C1=O)Nc1cccc(C(F)(F)F)c1. The van der Waals surface area contributed by atoms with E-state index in [1.165, 1.54) is 17.0 Å². The van der Waals surface area contributed by atoms with Crippen LogP contribution in [-0.2, 0) is 15.8 Å². The molecule has 0 radical (unpaired) electrons. The zero-order valence-corrected chi connectivity index (χ0v) is 17.5. The molecule has 8 nitrogen and oxygen atoms in total. The molecule has 0 aliphatic carbocycles. The molecule has 0 spiro atoms. The molecule has 11 heteroatoms. The topological polar surface area (TPSA) is 101 Å². The van der Waals surface area contributed by atoms with Crippen molar-refractivity contribution in [1.82, 2.24) is 15.1 Å². The van der Waals surface area contributed by atoms with Crippen LogP contribution in [0.3, 0.4) is 0 Å². The lowest BCUT2D eigenvalue weighted by Crippen LogP contribution is -2.45. The minimum absolute atomic E-state index is 0.0209. The summed E-state index contributed by atoms with van der Waals surface area (Å²) in [5.41, 5.74) is -0.778. The Hall–Kier alpha value is -3.29. The van der Waals surface area contributed by atoms with Gasteiger partial charge in [-0.25, -0.2) is 4.99 Å². The first-order chi connectivity index (χ1) is 15.3. The average Bonchev–Trinajstić information content (AvgIpc) is 3.24. The highest BCUT2D eigenvalue weighted by molar-refractivity contribution is 5.97. The predicted molar refractivity (Wildman–Crippen MR) is 111 cm³/mol. The molecule has 2 aliphatic rings. The Bertz CT molecular complexity index is 906. The van der Waals surface area contributed by atoms with E-state index in [0.29, 0.717) is 38.9 Å². The molecule has 1 unspecified atom stereocenters. The Morgan fingerprint density at radius 3 is 2.59 bits per heavy atom. The van der Waals surface area contributed by atoms with Crippen molar-refractivity contribution in [3.63, 3.8) is 0 Å². The Balaban J connectivity index is 1.75. The summed E-state index contributed by atoms with van der Waals surface area (Å²) >= 11 is 0. The molecule has 2 amide bonds. The molecule has 2 heterocycles. The number of hydrogen-bond donors (Lipinski definition) is 2. The first kappa shape index (κ1) is 23.4. The van der Waals surface area contributed by atoms with Gasteiger partial charge >= 0.3 is 6.18 Å². The number of nitrogens with zero attached hydrogens (tertiary/aromatic N) is 4. The van der Waals surface area contributed by atoms with Crippen molar-refractivity contribution in [3.05, 3.63) is 29.8 Å². The van der Waals surface area contributed by atoms with E-state index < -0.39 is 17.8 Å². The van der Waals surface area contributed by atoms with Gasteiger partial charge in [-0.3, -0.25) is 14.9 Å². The lowest BCUT2D eigenvalue weighted by Gasteiger charge is -2.25. The number of likely N-dealkylation sites (tertiary alicyclic amines) is 2. The van der Waals surface area contributed by atoms with Crippen LogP contribution in [0.25, 0.3) is 0 Å². The van der Waals surface area contributed by atoms with Crippen LogP contribution in [-0.4, -0.2) is 59.8 Å². The number of benzene rings is 1.